The van der Waals surface area contributed by atoms with E-state index in [-0.39, 0.29) is 18.2 Å². The number of pyridine rings is 1. The number of ether oxygens (including phenoxy) is 2. The van der Waals surface area contributed by atoms with Crippen LogP contribution in [0.5, 0.6) is 5.88 Å². The summed E-state index contributed by atoms with van der Waals surface area (Å²) in [5.41, 5.74) is -0.0651. The van der Waals surface area contributed by atoms with Crippen molar-refractivity contribution in [1.29, 1.82) is 0 Å². The second kappa shape index (κ2) is 9.46. The lowest BCUT2D eigenvalue weighted by Crippen LogP contribution is -2.36. The van der Waals surface area contributed by atoms with Gasteiger partial charge in [0.15, 0.2) is 5.69 Å². The minimum atomic E-state index is -1.71. The number of alkyl carbamates (subject to hydrolysis) is 1. The quantitative estimate of drug-likeness (QED) is 0.461. The fraction of sp³-hybridized carbons (Fsp3) is 0.294. The largest absolute Gasteiger partial charge is 0.481 e. The number of aromatic nitrogens is 1. The zero-order valence-electron chi connectivity index (χ0n) is 14.4. The molecule has 0 bridgehead atoms. The minimum Gasteiger partial charge on any atom is -0.481 e. The molecule has 1 aromatic heterocycles. The number of carbonyl (C=O) groups is 1. The van der Waals surface area contributed by atoms with Crippen molar-refractivity contribution in [2.45, 2.75) is 18.8 Å². The molecule has 0 aliphatic rings. The third kappa shape index (κ3) is 5.62. The molecule has 0 aliphatic heterocycles. The third-order valence-electron chi connectivity index (χ3n) is 3.60. The second-order valence-electron chi connectivity index (χ2n) is 5.47. The normalized spacial score (nSPS) is 12.7. The van der Waals surface area contributed by atoms with Crippen molar-refractivity contribution in [3.05, 3.63) is 63.8 Å². The SMILES string of the molecule is COc1ccc([N+](=O)[O-])c(C(O)C(O)CNC(=O)OCc2ccccc2)n1. The first kappa shape index (κ1) is 20.1. The van der Waals surface area contributed by atoms with E-state index in [0.29, 0.717) is 0 Å². The van der Waals surface area contributed by atoms with Crippen LogP contribution >= 0.6 is 0 Å². The summed E-state index contributed by atoms with van der Waals surface area (Å²) in [7, 11) is 1.31. The molecule has 0 spiro atoms. The maximum atomic E-state index is 11.7. The molecule has 27 heavy (non-hydrogen) atoms. The molecule has 2 atom stereocenters. The summed E-state index contributed by atoms with van der Waals surface area (Å²) in [6.07, 6.45) is -4.07. The Hall–Kier alpha value is -3.24. The van der Waals surface area contributed by atoms with Crippen LogP contribution in [0.4, 0.5) is 10.5 Å². The molecule has 1 aromatic carbocycles. The van der Waals surface area contributed by atoms with Crippen LogP contribution in [0.15, 0.2) is 42.5 Å². The van der Waals surface area contributed by atoms with Crippen molar-refractivity contribution in [2.24, 2.45) is 0 Å². The van der Waals surface area contributed by atoms with Crippen molar-refractivity contribution in [3.8, 4) is 5.88 Å². The lowest BCUT2D eigenvalue weighted by Gasteiger charge is -2.18. The number of rotatable bonds is 8. The van der Waals surface area contributed by atoms with E-state index in [1.165, 1.54) is 13.2 Å². The maximum absolute atomic E-state index is 11.7. The van der Waals surface area contributed by atoms with Gasteiger partial charge in [-0.15, -0.1) is 0 Å². The lowest BCUT2D eigenvalue weighted by molar-refractivity contribution is -0.386. The monoisotopic (exact) mass is 377 g/mol. The molecule has 3 N–H and O–H groups in total. The predicted octanol–water partition coefficient (Wildman–Crippen LogP) is 1.32. The molecular formula is C17H19N3O7. The highest BCUT2D eigenvalue weighted by atomic mass is 16.6. The van der Waals surface area contributed by atoms with Crippen molar-refractivity contribution in [2.75, 3.05) is 13.7 Å². The van der Waals surface area contributed by atoms with Gasteiger partial charge in [-0.3, -0.25) is 10.1 Å². The summed E-state index contributed by atoms with van der Waals surface area (Å²) < 4.78 is 9.85. The number of aliphatic hydroxyl groups excluding tert-OH is 2. The Labute approximate surface area is 154 Å². The number of nitrogens with zero attached hydrogens (tertiary/aromatic N) is 2. The Kier molecular flexibility index (Phi) is 7.03. The molecule has 0 saturated heterocycles. The van der Waals surface area contributed by atoms with Crippen LogP contribution in [-0.2, 0) is 11.3 Å². The van der Waals surface area contributed by atoms with Gasteiger partial charge in [0.1, 0.15) is 18.8 Å². The third-order valence-corrected chi connectivity index (χ3v) is 3.60. The van der Waals surface area contributed by atoms with E-state index in [0.717, 1.165) is 11.6 Å². The van der Waals surface area contributed by atoms with E-state index in [2.05, 4.69) is 10.3 Å². The Balaban J connectivity index is 1.94. The van der Waals surface area contributed by atoms with Gasteiger partial charge in [-0.25, -0.2) is 9.78 Å². The number of hydrogen-bond donors (Lipinski definition) is 3. The topological polar surface area (TPSA) is 144 Å². The van der Waals surface area contributed by atoms with Crippen LogP contribution in [0.2, 0.25) is 0 Å². The fourth-order valence-corrected chi connectivity index (χ4v) is 2.19. The summed E-state index contributed by atoms with van der Waals surface area (Å²) >= 11 is 0. The molecule has 2 rings (SSSR count). The van der Waals surface area contributed by atoms with Crippen molar-refractivity contribution in [1.82, 2.24) is 10.3 Å². The van der Waals surface area contributed by atoms with Crippen LogP contribution in [0.3, 0.4) is 0 Å². The Morgan fingerprint density at radius 2 is 1.96 bits per heavy atom. The standard InChI is InChI=1S/C17H19N3O7/c1-26-14-8-7-12(20(24)25)15(19-14)16(22)13(21)9-18-17(23)27-10-11-5-3-2-4-6-11/h2-8,13,16,21-22H,9-10H2,1H3,(H,18,23). The molecule has 10 nitrogen and oxygen atoms in total. The first-order valence-corrected chi connectivity index (χ1v) is 7.92. The zero-order chi connectivity index (χ0) is 19.8. The van der Waals surface area contributed by atoms with Crippen molar-refractivity contribution in [3.63, 3.8) is 0 Å². The first-order chi connectivity index (χ1) is 12.9. The molecule has 0 radical (unpaired) electrons. The molecule has 2 unspecified atom stereocenters. The van der Waals surface area contributed by atoms with E-state index in [4.69, 9.17) is 9.47 Å². The van der Waals surface area contributed by atoms with Gasteiger partial charge in [0.25, 0.3) is 5.69 Å². The number of methoxy groups -OCH3 is 1. The van der Waals surface area contributed by atoms with Gasteiger partial charge in [0.2, 0.25) is 5.88 Å². The minimum absolute atomic E-state index is 0.0359. The van der Waals surface area contributed by atoms with Gasteiger partial charge in [-0.1, -0.05) is 30.3 Å². The number of amides is 1. The second-order valence-corrected chi connectivity index (χ2v) is 5.47. The van der Waals surface area contributed by atoms with Crippen molar-refractivity contribution >= 4 is 11.8 Å². The maximum Gasteiger partial charge on any atom is 0.407 e. The highest BCUT2D eigenvalue weighted by Gasteiger charge is 2.29. The van der Waals surface area contributed by atoms with E-state index in [9.17, 15) is 25.1 Å². The zero-order valence-corrected chi connectivity index (χ0v) is 14.4. The molecule has 1 amide bonds. The van der Waals surface area contributed by atoms with Gasteiger partial charge < -0.3 is 25.0 Å². The van der Waals surface area contributed by atoms with E-state index in [1.54, 1.807) is 24.3 Å². The lowest BCUT2D eigenvalue weighted by atomic mass is 10.1. The van der Waals surface area contributed by atoms with Crippen LogP contribution in [0.25, 0.3) is 0 Å². The number of aliphatic hydroxyl groups is 2. The summed E-state index contributed by atoms with van der Waals surface area (Å²) in [4.78, 5) is 25.8. The van der Waals surface area contributed by atoms with Crippen LogP contribution in [-0.4, -0.2) is 46.0 Å². The van der Waals surface area contributed by atoms with E-state index < -0.39 is 35.5 Å². The Bertz CT molecular complexity index is 785. The highest BCUT2D eigenvalue weighted by Crippen LogP contribution is 2.27. The fourth-order valence-electron chi connectivity index (χ4n) is 2.19. The first-order valence-electron chi connectivity index (χ1n) is 7.92. The van der Waals surface area contributed by atoms with Gasteiger partial charge >= 0.3 is 6.09 Å². The summed E-state index contributed by atoms with van der Waals surface area (Å²) in [6.45, 7) is -0.362. The predicted molar refractivity (Wildman–Crippen MR) is 93.0 cm³/mol. The molecule has 144 valence electrons. The molecule has 10 heteroatoms. The van der Waals surface area contributed by atoms with Crippen molar-refractivity contribution < 1.29 is 29.4 Å². The van der Waals surface area contributed by atoms with Crippen LogP contribution < -0.4 is 10.1 Å². The van der Waals surface area contributed by atoms with Gasteiger partial charge in [0, 0.05) is 18.7 Å². The number of benzene rings is 1. The van der Waals surface area contributed by atoms with Gasteiger partial charge in [0.05, 0.1) is 12.0 Å². The highest BCUT2D eigenvalue weighted by molar-refractivity contribution is 5.67. The number of hydrogen-bond acceptors (Lipinski definition) is 8. The summed E-state index contributed by atoms with van der Waals surface area (Å²) in [5.74, 6) is 0.0390. The van der Waals surface area contributed by atoms with Crippen LogP contribution in [0.1, 0.15) is 17.4 Å². The molecule has 0 aliphatic carbocycles. The molecule has 1 heterocycles. The average molecular weight is 377 g/mol. The number of carbonyl (C=O) groups excluding carboxylic acids is 1. The molecule has 0 saturated carbocycles. The number of nitrogens with one attached hydrogen (secondary N) is 1. The molecular weight excluding hydrogens is 358 g/mol. The van der Waals surface area contributed by atoms with Gasteiger partial charge in [-0.05, 0) is 5.56 Å². The average Bonchev–Trinajstić information content (AvgIpc) is 2.69. The van der Waals surface area contributed by atoms with E-state index >= 15 is 0 Å². The Morgan fingerprint density at radius 3 is 2.59 bits per heavy atom. The van der Waals surface area contributed by atoms with E-state index in [1.807, 2.05) is 6.07 Å². The summed E-state index contributed by atoms with van der Waals surface area (Å²) in [6, 6.07) is 11.3. The number of nitro groups is 1. The van der Waals surface area contributed by atoms with Crippen LogP contribution in [0, 0.1) is 10.1 Å². The Morgan fingerprint density at radius 1 is 1.26 bits per heavy atom. The van der Waals surface area contributed by atoms with Gasteiger partial charge in [-0.2, -0.15) is 0 Å². The summed E-state index contributed by atoms with van der Waals surface area (Å²) in [5, 5.41) is 33.6. The molecule has 2 aromatic rings. The molecule has 0 fully saturated rings. The smallest absolute Gasteiger partial charge is 0.407 e.